The van der Waals surface area contributed by atoms with Crippen molar-refractivity contribution in [2.45, 2.75) is 43.3 Å². The minimum absolute atomic E-state index is 0.0231. The van der Waals surface area contributed by atoms with Crippen LogP contribution in [0.5, 0.6) is 0 Å². The molecule has 7 nitrogen and oxygen atoms in total. The van der Waals surface area contributed by atoms with Gasteiger partial charge >= 0.3 is 6.18 Å². The van der Waals surface area contributed by atoms with Crippen molar-refractivity contribution in [3.8, 4) is 11.1 Å². The van der Waals surface area contributed by atoms with Gasteiger partial charge in [-0.3, -0.25) is 19.4 Å². The topological polar surface area (TPSA) is 82.6 Å². The van der Waals surface area contributed by atoms with Gasteiger partial charge in [0.25, 0.3) is 10.0 Å². The molecule has 1 atom stereocenters. The summed E-state index contributed by atoms with van der Waals surface area (Å²) in [5.74, 6) is 0.0231. The second-order valence-corrected chi connectivity index (χ2v) is 13.4. The number of pyridine rings is 1. The third kappa shape index (κ3) is 8.39. The maximum atomic E-state index is 13.8. The first kappa shape index (κ1) is 33.3. The molecule has 1 aliphatic heterocycles. The Kier molecular flexibility index (Phi) is 10.2. The van der Waals surface area contributed by atoms with Crippen LogP contribution in [0, 0.1) is 0 Å². The van der Waals surface area contributed by atoms with Crippen molar-refractivity contribution in [3.63, 3.8) is 0 Å². The maximum absolute atomic E-state index is 13.8. The van der Waals surface area contributed by atoms with Gasteiger partial charge in [-0.15, -0.1) is 0 Å². The number of hydrogen-bond donors (Lipinski definition) is 1. The Labute approximate surface area is 268 Å². The van der Waals surface area contributed by atoms with Gasteiger partial charge in [0.15, 0.2) is 0 Å². The highest BCUT2D eigenvalue weighted by molar-refractivity contribution is 7.92. The van der Waals surface area contributed by atoms with Crippen LogP contribution in [0.25, 0.3) is 11.1 Å². The van der Waals surface area contributed by atoms with Crippen LogP contribution >= 0.6 is 0 Å². The largest absolute Gasteiger partial charge is 0.416 e. The molecule has 1 aliphatic rings. The number of piperazine rings is 1. The monoisotopic (exact) mass is 650 g/mol. The number of ketones is 1. The van der Waals surface area contributed by atoms with Crippen LogP contribution in [0.4, 0.5) is 18.9 Å². The summed E-state index contributed by atoms with van der Waals surface area (Å²) in [6.07, 6.45) is -0.256. The Balaban J connectivity index is 1.36. The van der Waals surface area contributed by atoms with Crippen molar-refractivity contribution < 1.29 is 26.4 Å². The zero-order valence-electron chi connectivity index (χ0n) is 25.8. The molecule has 0 bridgehead atoms. The number of anilines is 1. The summed E-state index contributed by atoms with van der Waals surface area (Å²) in [5, 5.41) is 0. The average Bonchev–Trinajstić information content (AvgIpc) is 3.04. The summed E-state index contributed by atoms with van der Waals surface area (Å²) in [7, 11) is -2.37. The van der Waals surface area contributed by atoms with E-state index in [-0.39, 0.29) is 29.5 Å². The molecule has 11 heteroatoms. The molecule has 2 heterocycles. The number of nitrogens with one attached hydrogen (secondary N) is 1. The molecule has 0 amide bonds. The zero-order valence-corrected chi connectivity index (χ0v) is 26.6. The normalized spacial score (nSPS) is 15.4. The molecule has 1 aromatic heterocycles. The first-order valence-electron chi connectivity index (χ1n) is 15.2. The number of halogens is 3. The molecule has 1 saturated heterocycles. The molecule has 0 aliphatic carbocycles. The second kappa shape index (κ2) is 14.1. The van der Waals surface area contributed by atoms with Crippen LogP contribution in [-0.2, 0) is 33.8 Å². The zero-order chi connectivity index (χ0) is 32.9. The van der Waals surface area contributed by atoms with E-state index in [0.717, 1.165) is 43.4 Å². The third-order valence-electron chi connectivity index (χ3n) is 8.39. The van der Waals surface area contributed by atoms with Gasteiger partial charge < -0.3 is 4.90 Å². The highest BCUT2D eigenvalue weighted by Crippen LogP contribution is 2.37. The van der Waals surface area contributed by atoms with Gasteiger partial charge in [0.1, 0.15) is 5.78 Å². The molecule has 4 aromatic rings. The predicted molar refractivity (Wildman–Crippen MR) is 173 cm³/mol. The first-order valence-corrected chi connectivity index (χ1v) is 16.6. The number of carbonyl (C=O) groups excluding carboxylic acids is 1. The van der Waals surface area contributed by atoms with Crippen molar-refractivity contribution in [1.29, 1.82) is 0 Å². The van der Waals surface area contributed by atoms with E-state index >= 15 is 0 Å². The van der Waals surface area contributed by atoms with E-state index in [1.807, 2.05) is 24.3 Å². The minimum atomic E-state index is -4.73. The average molecular weight is 651 g/mol. The van der Waals surface area contributed by atoms with Crippen LogP contribution in [0.1, 0.15) is 41.6 Å². The molecule has 0 radical (unpaired) electrons. The fourth-order valence-corrected chi connectivity index (χ4v) is 6.91. The van der Waals surface area contributed by atoms with E-state index in [1.165, 1.54) is 18.2 Å². The molecule has 46 heavy (non-hydrogen) atoms. The number of sulfonamides is 1. The summed E-state index contributed by atoms with van der Waals surface area (Å²) in [4.78, 5) is 20.7. The van der Waals surface area contributed by atoms with Crippen LogP contribution in [0.3, 0.4) is 0 Å². The van der Waals surface area contributed by atoms with Crippen molar-refractivity contribution in [1.82, 2.24) is 14.8 Å². The summed E-state index contributed by atoms with van der Waals surface area (Å²) in [6, 6.07) is 20.2. The van der Waals surface area contributed by atoms with Crippen LogP contribution in [0.15, 0.2) is 96.2 Å². The lowest BCUT2D eigenvalue weighted by atomic mass is 9.98. The SMILES string of the molecule is CC(c1cccc(-c2ccc(C(F)(F)F)cc2S(=O)(=O)Nc2ccc(CC(=O)CCc3cccnc3)cc2)c1)N1CCN(C)CC1. The Morgan fingerprint density at radius 3 is 2.35 bits per heavy atom. The van der Waals surface area contributed by atoms with E-state index in [4.69, 9.17) is 0 Å². The molecule has 0 spiro atoms. The van der Waals surface area contributed by atoms with Crippen molar-refractivity contribution >= 4 is 21.5 Å². The van der Waals surface area contributed by atoms with Crippen molar-refractivity contribution in [2.24, 2.45) is 0 Å². The lowest BCUT2D eigenvalue weighted by Crippen LogP contribution is -2.45. The third-order valence-corrected chi connectivity index (χ3v) is 9.81. The summed E-state index contributed by atoms with van der Waals surface area (Å²) in [5.41, 5.74) is 2.41. The molecular formula is C35H37F3N4O3S. The molecule has 5 rings (SSSR count). The number of Topliss-reactive ketones (excluding diaryl/α,β-unsaturated/α-hetero) is 1. The van der Waals surface area contributed by atoms with E-state index < -0.39 is 26.7 Å². The molecule has 1 N–H and O–H groups in total. The Morgan fingerprint density at radius 1 is 0.935 bits per heavy atom. The van der Waals surface area contributed by atoms with Crippen molar-refractivity contribution in [2.75, 3.05) is 37.9 Å². The minimum Gasteiger partial charge on any atom is -0.304 e. The smallest absolute Gasteiger partial charge is 0.304 e. The lowest BCUT2D eigenvalue weighted by Gasteiger charge is -2.36. The van der Waals surface area contributed by atoms with Gasteiger partial charge in [-0.1, -0.05) is 42.5 Å². The second-order valence-electron chi connectivity index (χ2n) is 11.7. The number of likely N-dealkylation sites (N-methyl/N-ethyl adjacent to an activating group) is 1. The van der Waals surface area contributed by atoms with E-state index in [0.29, 0.717) is 30.0 Å². The Bertz CT molecular complexity index is 1760. The predicted octanol–water partition coefficient (Wildman–Crippen LogP) is 6.62. The molecule has 1 fully saturated rings. The van der Waals surface area contributed by atoms with Gasteiger partial charge in [-0.05, 0) is 79.0 Å². The van der Waals surface area contributed by atoms with Gasteiger partial charge in [-0.25, -0.2) is 8.42 Å². The van der Waals surface area contributed by atoms with E-state index in [1.54, 1.807) is 36.7 Å². The summed E-state index contributed by atoms with van der Waals surface area (Å²) >= 11 is 0. The number of carbonyl (C=O) groups is 1. The van der Waals surface area contributed by atoms with Crippen LogP contribution in [0.2, 0.25) is 0 Å². The molecular weight excluding hydrogens is 613 g/mol. The van der Waals surface area contributed by atoms with Gasteiger partial charge in [-0.2, -0.15) is 13.2 Å². The number of nitrogens with zero attached hydrogens (tertiary/aromatic N) is 3. The number of aromatic nitrogens is 1. The Morgan fingerprint density at radius 2 is 1.67 bits per heavy atom. The van der Waals surface area contributed by atoms with Gasteiger partial charge in [0.05, 0.1) is 10.5 Å². The van der Waals surface area contributed by atoms with Crippen molar-refractivity contribution in [3.05, 3.63) is 114 Å². The number of benzene rings is 3. The number of hydrogen-bond acceptors (Lipinski definition) is 6. The number of alkyl halides is 3. The molecule has 1 unspecified atom stereocenters. The van der Waals surface area contributed by atoms with Gasteiger partial charge in [0.2, 0.25) is 0 Å². The highest BCUT2D eigenvalue weighted by Gasteiger charge is 2.33. The summed E-state index contributed by atoms with van der Waals surface area (Å²) < 4.78 is 71.1. The van der Waals surface area contributed by atoms with E-state index in [2.05, 4.69) is 33.5 Å². The number of aryl methyl sites for hydroxylation is 1. The quantitative estimate of drug-likeness (QED) is 0.197. The molecule has 0 saturated carbocycles. The number of rotatable bonds is 11. The summed E-state index contributed by atoms with van der Waals surface area (Å²) in [6.45, 7) is 5.70. The van der Waals surface area contributed by atoms with Gasteiger partial charge in [0, 0.05) is 68.7 Å². The Hall–Kier alpha value is -4.06. The van der Waals surface area contributed by atoms with Crippen LogP contribution in [-0.4, -0.2) is 62.2 Å². The highest BCUT2D eigenvalue weighted by atomic mass is 32.2. The van der Waals surface area contributed by atoms with E-state index in [9.17, 15) is 26.4 Å². The first-order chi connectivity index (χ1) is 21.9. The fourth-order valence-electron chi connectivity index (χ4n) is 5.59. The standard InChI is InChI=1S/C35H37F3N4O3S/c1-25(42-19-17-41(2)18-20-42)28-6-3-7-29(22-28)33-15-11-30(35(36,37)38)23-34(33)46(44,45)40-31-12-8-26(9-13-31)21-32(43)14-10-27-5-4-16-39-24-27/h3-9,11-13,15-16,22-25,40H,10,14,17-21H2,1-2H3. The lowest BCUT2D eigenvalue weighted by molar-refractivity contribution is -0.137. The fraction of sp³-hybridized carbons (Fsp3) is 0.314. The maximum Gasteiger partial charge on any atom is 0.416 e. The molecule has 3 aromatic carbocycles. The van der Waals surface area contributed by atoms with Crippen LogP contribution < -0.4 is 4.72 Å². The molecule has 242 valence electrons.